The zero-order valence-electron chi connectivity index (χ0n) is 15.6. The molecule has 0 aromatic heterocycles. The highest BCUT2D eigenvalue weighted by Gasteiger charge is 2.43. The maximum atomic E-state index is 6.00. The average molecular weight is 361 g/mol. The van der Waals surface area contributed by atoms with Gasteiger partial charge in [0.25, 0.3) is 0 Å². The highest BCUT2D eigenvalue weighted by Crippen LogP contribution is 2.17. The van der Waals surface area contributed by atoms with Crippen LogP contribution in [0.4, 0.5) is 0 Å². The van der Waals surface area contributed by atoms with Gasteiger partial charge in [0.05, 0.1) is 0 Å². The third kappa shape index (κ3) is 5.15. The van der Waals surface area contributed by atoms with E-state index >= 15 is 0 Å². The molecule has 2 aromatic rings. The van der Waals surface area contributed by atoms with Crippen LogP contribution < -0.4 is 9.92 Å². The largest absolute Gasteiger partial charge is 0.537 e. The van der Waals surface area contributed by atoms with E-state index in [0.29, 0.717) is 26.4 Å². The minimum absolute atomic E-state index is 0.530. The van der Waals surface area contributed by atoms with Crippen LogP contribution in [0.5, 0.6) is 5.75 Å². The maximum absolute atomic E-state index is 6.00. The first-order valence-electron chi connectivity index (χ1n) is 8.84. The SMILES string of the molecule is CCO[Si](OCC)(OCC)c1cccc(OCc2ccccc2C)c1. The molecular weight excluding hydrogens is 332 g/mol. The molecule has 0 amide bonds. The smallest absolute Gasteiger partial charge is 0.489 e. The molecule has 0 unspecified atom stereocenters. The summed E-state index contributed by atoms with van der Waals surface area (Å²) < 4.78 is 23.9. The molecule has 25 heavy (non-hydrogen) atoms. The van der Waals surface area contributed by atoms with E-state index in [1.54, 1.807) is 0 Å². The molecule has 0 bridgehead atoms. The van der Waals surface area contributed by atoms with Crippen molar-refractivity contribution in [3.63, 3.8) is 0 Å². The molecule has 5 heteroatoms. The summed E-state index contributed by atoms with van der Waals surface area (Å²) in [5, 5.41) is 0.931. The van der Waals surface area contributed by atoms with E-state index in [4.69, 9.17) is 18.0 Å². The first-order chi connectivity index (χ1) is 12.1. The van der Waals surface area contributed by atoms with E-state index in [1.807, 2.05) is 57.2 Å². The quantitative estimate of drug-likeness (QED) is 0.604. The summed E-state index contributed by atoms with van der Waals surface area (Å²) in [6.07, 6.45) is 0. The van der Waals surface area contributed by atoms with Crippen molar-refractivity contribution in [1.82, 2.24) is 0 Å². The fourth-order valence-electron chi connectivity index (χ4n) is 2.65. The lowest BCUT2D eigenvalue weighted by Crippen LogP contribution is -2.56. The fraction of sp³-hybridized carbons (Fsp3) is 0.400. The molecule has 0 saturated carbocycles. The first-order valence-corrected chi connectivity index (χ1v) is 10.6. The molecule has 0 N–H and O–H groups in total. The van der Waals surface area contributed by atoms with Gasteiger partial charge in [0.2, 0.25) is 0 Å². The first kappa shape index (κ1) is 19.7. The summed E-state index contributed by atoms with van der Waals surface area (Å²) in [5.41, 5.74) is 2.40. The van der Waals surface area contributed by atoms with Crippen LogP contribution in [0.15, 0.2) is 48.5 Å². The molecule has 0 saturated heterocycles. The molecule has 2 rings (SSSR count). The summed E-state index contributed by atoms with van der Waals surface area (Å²) in [7, 11) is -2.90. The Labute approximate surface area is 152 Å². The molecule has 0 aliphatic heterocycles. The minimum Gasteiger partial charge on any atom is -0.489 e. The Hall–Kier alpha value is -1.66. The predicted molar refractivity (Wildman–Crippen MR) is 102 cm³/mol. The van der Waals surface area contributed by atoms with E-state index in [2.05, 4.69) is 19.1 Å². The lowest BCUT2D eigenvalue weighted by molar-refractivity contribution is 0.0858. The van der Waals surface area contributed by atoms with Gasteiger partial charge >= 0.3 is 8.80 Å². The van der Waals surface area contributed by atoms with Crippen molar-refractivity contribution < 1.29 is 18.0 Å². The number of hydrogen-bond donors (Lipinski definition) is 0. The third-order valence-corrected chi connectivity index (χ3v) is 6.87. The fourth-order valence-corrected chi connectivity index (χ4v) is 5.16. The van der Waals surface area contributed by atoms with Crippen LogP contribution in [-0.2, 0) is 19.9 Å². The zero-order valence-corrected chi connectivity index (χ0v) is 16.6. The third-order valence-electron chi connectivity index (χ3n) is 3.85. The van der Waals surface area contributed by atoms with Crippen molar-refractivity contribution in [3.05, 3.63) is 59.7 Å². The molecule has 136 valence electrons. The Bertz CT molecular complexity index is 643. The molecule has 0 heterocycles. The van der Waals surface area contributed by atoms with Crippen molar-refractivity contribution >= 4 is 14.0 Å². The second-order valence-electron chi connectivity index (χ2n) is 5.60. The van der Waals surface area contributed by atoms with Crippen LogP contribution in [0.3, 0.4) is 0 Å². The van der Waals surface area contributed by atoms with Crippen LogP contribution >= 0.6 is 0 Å². The Morgan fingerprint density at radius 3 is 2.04 bits per heavy atom. The topological polar surface area (TPSA) is 36.9 Å². The summed E-state index contributed by atoms with van der Waals surface area (Å²) >= 11 is 0. The highest BCUT2D eigenvalue weighted by molar-refractivity contribution is 6.75. The predicted octanol–water partition coefficient (Wildman–Crippen LogP) is 3.83. The van der Waals surface area contributed by atoms with Crippen molar-refractivity contribution in [2.75, 3.05) is 19.8 Å². The van der Waals surface area contributed by atoms with Gasteiger partial charge in [-0.2, -0.15) is 0 Å². The van der Waals surface area contributed by atoms with Crippen molar-refractivity contribution in [2.45, 2.75) is 34.3 Å². The van der Waals surface area contributed by atoms with Crippen LogP contribution in [0.25, 0.3) is 0 Å². The van der Waals surface area contributed by atoms with E-state index in [9.17, 15) is 0 Å². The summed E-state index contributed by atoms with van der Waals surface area (Å²) in [6, 6.07) is 16.1. The monoisotopic (exact) mass is 360 g/mol. The molecule has 0 radical (unpaired) electrons. The van der Waals surface area contributed by atoms with Gasteiger partial charge in [0.15, 0.2) is 0 Å². The highest BCUT2D eigenvalue weighted by atomic mass is 28.4. The molecule has 0 aliphatic carbocycles. The van der Waals surface area contributed by atoms with Crippen LogP contribution in [0, 0.1) is 6.92 Å². The molecule has 0 atom stereocenters. The van der Waals surface area contributed by atoms with Gasteiger partial charge in [-0.3, -0.25) is 0 Å². The summed E-state index contributed by atoms with van der Waals surface area (Å²) in [6.45, 7) is 10.1. The molecule has 0 aliphatic rings. The standard InChI is InChI=1S/C20H28O4Si/c1-5-22-25(23-6-2,24-7-3)20-14-10-13-19(15-20)21-16-18-12-9-8-11-17(18)4/h8-15H,5-7,16H2,1-4H3. The van der Waals surface area contributed by atoms with E-state index in [-0.39, 0.29) is 0 Å². The second-order valence-corrected chi connectivity index (χ2v) is 8.15. The number of benzene rings is 2. The Morgan fingerprint density at radius 2 is 1.44 bits per heavy atom. The van der Waals surface area contributed by atoms with E-state index < -0.39 is 8.80 Å². The minimum atomic E-state index is -2.90. The Morgan fingerprint density at radius 1 is 0.800 bits per heavy atom. The summed E-state index contributed by atoms with van der Waals surface area (Å²) in [5.74, 6) is 0.789. The van der Waals surface area contributed by atoms with Crippen LogP contribution in [0.1, 0.15) is 31.9 Å². The van der Waals surface area contributed by atoms with E-state index in [1.165, 1.54) is 11.1 Å². The molecular formula is C20H28O4Si. The summed E-state index contributed by atoms with van der Waals surface area (Å²) in [4.78, 5) is 0. The van der Waals surface area contributed by atoms with Crippen LogP contribution in [0.2, 0.25) is 0 Å². The number of hydrogen-bond acceptors (Lipinski definition) is 4. The van der Waals surface area contributed by atoms with Gasteiger partial charge in [-0.05, 0) is 51.0 Å². The Kier molecular flexibility index (Phi) is 7.65. The van der Waals surface area contributed by atoms with E-state index in [0.717, 1.165) is 10.9 Å². The lowest BCUT2D eigenvalue weighted by atomic mass is 10.1. The maximum Gasteiger partial charge on any atom is 0.537 e. The average Bonchev–Trinajstić information content (AvgIpc) is 2.62. The second kappa shape index (κ2) is 9.72. The molecule has 0 spiro atoms. The van der Waals surface area contributed by atoms with Gasteiger partial charge in [0, 0.05) is 25.0 Å². The van der Waals surface area contributed by atoms with Gasteiger partial charge in [-0.15, -0.1) is 0 Å². The van der Waals surface area contributed by atoms with Crippen molar-refractivity contribution in [1.29, 1.82) is 0 Å². The van der Waals surface area contributed by atoms with Gasteiger partial charge in [-0.1, -0.05) is 36.4 Å². The van der Waals surface area contributed by atoms with Crippen LogP contribution in [-0.4, -0.2) is 28.6 Å². The number of aryl methyl sites for hydroxylation is 1. The van der Waals surface area contributed by atoms with Gasteiger partial charge < -0.3 is 18.0 Å². The van der Waals surface area contributed by atoms with Crippen molar-refractivity contribution in [3.8, 4) is 5.75 Å². The Balaban J connectivity index is 2.21. The molecule has 0 fully saturated rings. The lowest BCUT2D eigenvalue weighted by Gasteiger charge is -2.28. The molecule has 2 aromatic carbocycles. The zero-order chi connectivity index (χ0) is 18.1. The van der Waals surface area contributed by atoms with Crippen molar-refractivity contribution in [2.24, 2.45) is 0 Å². The number of rotatable bonds is 10. The molecule has 4 nitrogen and oxygen atoms in total. The normalized spacial score (nSPS) is 11.5. The van der Waals surface area contributed by atoms with Gasteiger partial charge in [0.1, 0.15) is 12.4 Å². The number of ether oxygens (including phenoxy) is 1. The van der Waals surface area contributed by atoms with Gasteiger partial charge in [-0.25, -0.2) is 0 Å².